The molecule has 0 aliphatic rings. The molecule has 2 rings (SSSR count). The highest BCUT2D eigenvalue weighted by atomic mass is 35.5. The first-order valence-corrected chi connectivity index (χ1v) is 6.01. The lowest BCUT2D eigenvalue weighted by Crippen LogP contribution is -2.09. The van der Waals surface area contributed by atoms with Gasteiger partial charge in [-0.2, -0.15) is 13.2 Å². The molecule has 1 aromatic carbocycles. The summed E-state index contributed by atoms with van der Waals surface area (Å²) in [4.78, 5) is 3.94. The molecule has 0 atom stereocenters. The molecule has 1 heterocycles. The molecule has 1 aromatic heterocycles. The van der Waals surface area contributed by atoms with E-state index < -0.39 is 11.7 Å². The van der Waals surface area contributed by atoms with Crippen LogP contribution in [0.5, 0.6) is 0 Å². The third-order valence-electron chi connectivity index (χ3n) is 2.70. The van der Waals surface area contributed by atoms with E-state index in [0.29, 0.717) is 5.69 Å². The Labute approximate surface area is 118 Å². The summed E-state index contributed by atoms with van der Waals surface area (Å²) in [6.45, 7) is 1.74. The highest BCUT2D eigenvalue weighted by Gasteiger charge is 2.33. The lowest BCUT2D eigenvalue weighted by molar-refractivity contribution is -0.136. The number of halogens is 4. The second kappa shape index (κ2) is 5.20. The van der Waals surface area contributed by atoms with Crippen molar-refractivity contribution in [3.8, 4) is 0 Å². The first-order valence-electron chi connectivity index (χ1n) is 5.63. The van der Waals surface area contributed by atoms with Gasteiger partial charge in [-0.05, 0) is 36.8 Å². The number of hydrogen-bond acceptors (Lipinski definition) is 3. The molecule has 0 saturated carbocycles. The van der Waals surface area contributed by atoms with Crippen molar-refractivity contribution in [2.75, 3.05) is 11.1 Å². The lowest BCUT2D eigenvalue weighted by atomic mass is 10.1. The van der Waals surface area contributed by atoms with Crippen LogP contribution in [0.1, 0.15) is 11.1 Å². The average Bonchev–Trinajstić information content (AvgIpc) is 2.35. The van der Waals surface area contributed by atoms with Crippen LogP contribution in [0.4, 0.5) is 30.4 Å². The van der Waals surface area contributed by atoms with E-state index >= 15 is 0 Å². The number of pyridine rings is 1. The molecule has 0 bridgehead atoms. The average molecular weight is 302 g/mol. The maximum atomic E-state index is 12.9. The largest absolute Gasteiger partial charge is 0.418 e. The van der Waals surface area contributed by atoms with E-state index in [2.05, 4.69) is 10.3 Å². The number of aryl methyl sites for hydroxylation is 1. The summed E-state index contributed by atoms with van der Waals surface area (Å²) in [6, 6.07) is 5.08. The number of nitrogen functional groups attached to an aromatic ring is 1. The highest BCUT2D eigenvalue weighted by Crippen LogP contribution is 2.37. The quantitative estimate of drug-likeness (QED) is 0.865. The molecular weight excluding hydrogens is 291 g/mol. The number of benzene rings is 1. The summed E-state index contributed by atoms with van der Waals surface area (Å²) in [5, 5.41) is 2.65. The van der Waals surface area contributed by atoms with Crippen molar-refractivity contribution in [2.45, 2.75) is 13.1 Å². The number of nitrogens with zero attached hydrogens (tertiary/aromatic N) is 1. The van der Waals surface area contributed by atoms with Gasteiger partial charge >= 0.3 is 6.18 Å². The van der Waals surface area contributed by atoms with Crippen molar-refractivity contribution in [1.82, 2.24) is 4.98 Å². The number of alkyl halides is 3. The Morgan fingerprint density at radius 2 is 1.95 bits per heavy atom. The molecule has 2 aromatic rings. The number of anilines is 3. The van der Waals surface area contributed by atoms with Crippen LogP contribution >= 0.6 is 11.6 Å². The molecule has 0 aliphatic heterocycles. The van der Waals surface area contributed by atoms with Gasteiger partial charge in [-0.3, -0.25) is 0 Å². The van der Waals surface area contributed by atoms with Crippen LogP contribution < -0.4 is 11.1 Å². The zero-order valence-corrected chi connectivity index (χ0v) is 11.2. The molecule has 0 spiro atoms. The van der Waals surface area contributed by atoms with Crippen molar-refractivity contribution in [3.63, 3.8) is 0 Å². The fourth-order valence-corrected chi connectivity index (χ4v) is 1.81. The third kappa shape index (κ3) is 3.14. The SMILES string of the molecule is Cc1cc(Nc2ccc(Cl)cc2C(F)(F)F)ncc1N. The molecule has 0 amide bonds. The Morgan fingerprint density at radius 1 is 1.25 bits per heavy atom. The molecule has 0 aliphatic carbocycles. The van der Waals surface area contributed by atoms with Crippen LogP contribution in [0.25, 0.3) is 0 Å². The van der Waals surface area contributed by atoms with Crippen molar-refractivity contribution < 1.29 is 13.2 Å². The summed E-state index contributed by atoms with van der Waals surface area (Å²) in [6.07, 6.45) is -3.11. The van der Waals surface area contributed by atoms with Gasteiger partial charge in [-0.25, -0.2) is 4.98 Å². The monoisotopic (exact) mass is 301 g/mol. The number of hydrogen-bond donors (Lipinski definition) is 2. The smallest absolute Gasteiger partial charge is 0.397 e. The van der Waals surface area contributed by atoms with Gasteiger partial charge in [-0.1, -0.05) is 11.6 Å². The summed E-state index contributed by atoms with van der Waals surface area (Å²) in [5.74, 6) is 0.282. The van der Waals surface area contributed by atoms with Gasteiger partial charge in [0, 0.05) is 5.02 Å². The van der Waals surface area contributed by atoms with Crippen LogP contribution in [-0.2, 0) is 6.18 Å². The van der Waals surface area contributed by atoms with Crippen molar-refractivity contribution >= 4 is 28.8 Å². The predicted octanol–water partition coefficient (Wildman–Crippen LogP) is 4.39. The topological polar surface area (TPSA) is 50.9 Å². The standard InChI is InChI=1S/C13H11ClF3N3/c1-7-4-12(19-6-10(7)18)20-11-3-2-8(14)5-9(11)13(15,16)17/h2-6H,18H2,1H3,(H,19,20). The van der Waals surface area contributed by atoms with Crippen LogP contribution in [-0.4, -0.2) is 4.98 Å². The highest BCUT2D eigenvalue weighted by molar-refractivity contribution is 6.30. The molecule has 7 heteroatoms. The van der Waals surface area contributed by atoms with E-state index in [0.717, 1.165) is 11.6 Å². The molecule has 20 heavy (non-hydrogen) atoms. The molecule has 0 saturated heterocycles. The van der Waals surface area contributed by atoms with Crippen molar-refractivity contribution in [3.05, 3.63) is 46.6 Å². The van der Waals surface area contributed by atoms with Crippen LogP contribution in [0, 0.1) is 6.92 Å². The van der Waals surface area contributed by atoms with Crippen molar-refractivity contribution in [1.29, 1.82) is 0 Å². The first kappa shape index (κ1) is 14.5. The predicted molar refractivity (Wildman–Crippen MR) is 73.1 cm³/mol. The normalized spacial score (nSPS) is 11.4. The second-order valence-corrected chi connectivity index (χ2v) is 4.68. The van der Waals surface area contributed by atoms with Gasteiger partial charge in [-0.15, -0.1) is 0 Å². The minimum Gasteiger partial charge on any atom is -0.397 e. The Kier molecular flexibility index (Phi) is 3.76. The van der Waals surface area contributed by atoms with Gasteiger partial charge in [0.25, 0.3) is 0 Å². The van der Waals surface area contributed by atoms with Crippen molar-refractivity contribution in [2.24, 2.45) is 0 Å². The van der Waals surface area contributed by atoms with E-state index in [1.807, 2.05) is 0 Å². The molecule has 3 nitrogen and oxygen atoms in total. The number of nitrogens with one attached hydrogen (secondary N) is 1. The minimum atomic E-state index is -4.50. The zero-order valence-electron chi connectivity index (χ0n) is 10.4. The Balaban J connectivity index is 2.40. The Hall–Kier alpha value is -1.95. The van der Waals surface area contributed by atoms with Crippen LogP contribution in [0.3, 0.4) is 0 Å². The number of rotatable bonds is 2. The van der Waals surface area contributed by atoms with Gasteiger partial charge in [0.2, 0.25) is 0 Å². The molecule has 0 fully saturated rings. The van der Waals surface area contributed by atoms with Crippen LogP contribution in [0.2, 0.25) is 5.02 Å². The maximum Gasteiger partial charge on any atom is 0.418 e. The molecule has 3 N–H and O–H groups in total. The fourth-order valence-electron chi connectivity index (χ4n) is 1.63. The van der Waals surface area contributed by atoms with E-state index in [-0.39, 0.29) is 16.5 Å². The first-order chi connectivity index (χ1) is 9.27. The van der Waals surface area contributed by atoms with Gasteiger partial charge in [0.15, 0.2) is 0 Å². The fraction of sp³-hybridized carbons (Fsp3) is 0.154. The van der Waals surface area contributed by atoms with E-state index in [1.54, 1.807) is 13.0 Å². The Bertz CT molecular complexity index is 641. The molecule has 106 valence electrons. The van der Waals surface area contributed by atoms with E-state index in [9.17, 15) is 13.2 Å². The zero-order chi connectivity index (χ0) is 14.9. The maximum absolute atomic E-state index is 12.9. The summed E-state index contributed by atoms with van der Waals surface area (Å²) in [7, 11) is 0. The summed E-state index contributed by atoms with van der Waals surface area (Å²) < 4.78 is 38.8. The summed E-state index contributed by atoms with van der Waals surface area (Å²) >= 11 is 5.61. The minimum absolute atomic E-state index is 0.0179. The van der Waals surface area contributed by atoms with Gasteiger partial charge < -0.3 is 11.1 Å². The van der Waals surface area contributed by atoms with Crippen LogP contribution in [0.15, 0.2) is 30.5 Å². The molecule has 0 radical (unpaired) electrons. The lowest BCUT2D eigenvalue weighted by Gasteiger charge is -2.15. The third-order valence-corrected chi connectivity index (χ3v) is 2.94. The molecular formula is C13H11ClF3N3. The Morgan fingerprint density at radius 3 is 2.55 bits per heavy atom. The van der Waals surface area contributed by atoms with E-state index in [4.69, 9.17) is 17.3 Å². The van der Waals surface area contributed by atoms with Gasteiger partial charge in [0.05, 0.1) is 23.1 Å². The van der Waals surface area contributed by atoms with E-state index in [1.165, 1.54) is 18.3 Å². The number of aromatic nitrogens is 1. The van der Waals surface area contributed by atoms with Gasteiger partial charge in [0.1, 0.15) is 5.82 Å². The summed E-state index contributed by atoms with van der Waals surface area (Å²) in [5.41, 5.74) is 5.86. The number of nitrogens with two attached hydrogens (primary N) is 1. The second-order valence-electron chi connectivity index (χ2n) is 4.24. The molecule has 0 unspecified atom stereocenters.